The third kappa shape index (κ3) is 4.40. The van der Waals surface area contributed by atoms with E-state index in [1.54, 1.807) is 56.7 Å². The van der Waals surface area contributed by atoms with Crippen molar-refractivity contribution in [3.8, 4) is 23.1 Å². The van der Waals surface area contributed by atoms with E-state index < -0.39 is 0 Å². The number of anilines is 1. The molecule has 0 unspecified atom stereocenters. The molecule has 1 N–H and O–H groups in total. The zero-order valence-electron chi connectivity index (χ0n) is 16.0. The van der Waals surface area contributed by atoms with Gasteiger partial charge in [0.2, 0.25) is 11.7 Å². The second kappa shape index (κ2) is 8.90. The van der Waals surface area contributed by atoms with Crippen LogP contribution < -0.4 is 19.5 Å². The van der Waals surface area contributed by atoms with Crippen LogP contribution in [-0.4, -0.2) is 42.0 Å². The molecule has 0 aliphatic heterocycles. The van der Waals surface area contributed by atoms with Crippen LogP contribution in [-0.2, 0) is 11.2 Å². The Labute approximate surface area is 163 Å². The maximum absolute atomic E-state index is 12.3. The highest BCUT2D eigenvalue weighted by atomic mass is 16.5. The Morgan fingerprint density at radius 1 is 1.11 bits per heavy atom. The van der Waals surface area contributed by atoms with Gasteiger partial charge in [0.25, 0.3) is 0 Å². The molecule has 0 saturated heterocycles. The van der Waals surface area contributed by atoms with Crippen LogP contribution in [0.4, 0.5) is 5.69 Å². The Morgan fingerprint density at radius 3 is 2.39 bits per heavy atom. The quantitative estimate of drug-likeness (QED) is 0.645. The Bertz CT molecular complexity index is 899. The number of ether oxygens (including phenoxy) is 3. The van der Waals surface area contributed by atoms with Crippen LogP contribution in [0, 0.1) is 0 Å². The lowest BCUT2D eigenvalue weighted by Gasteiger charge is -2.14. The van der Waals surface area contributed by atoms with Gasteiger partial charge in [0.15, 0.2) is 17.3 Å². The molecule has 0 bridgehead atoms. The summed E-state index contributed by atoms with van der Waals surface area (Å²) >= 11 is 0. The van der Waals surface area contributed by atoms with E-state index in [4.69, 9.17) is 14.2 Å². The summed E-state index contributed by atoms with van der Waals surface area (Å²) in [4.78, 5) is 16.6. The molecule has 8 nitrogen and oxygen atoms in total. The van der Waals surface area contributed by atoms with Crippen LogP contribution >= 0.6 is 0 Å². The zero-order valence-corrected chi connectivity index (χ0v) is 16.0. The molecule has 3 rings (SSSR count). The number of nitrogens with one attached hydrogen (secondary N) is 1. The van der Waals surface area contributed by atoms with E-state index in [0.29, 0.717) is 41.6 Å². The lowest BCUT2D eigenvalue weighted by atomic mass is 10.1. The second-order valence-corrected chi connectivity index (χ2v) is 5.94. The summed E-state index contributed by atoms with van der Waals surface area (Å²) in [6, 6.07) is 9.09. The van der Waals surface area contributed by atoms with Gasteiger partial charge >= 0.3 is 0 Å². The fourth-order valence-electron chi connectivity index (χ4n) is 2.76. The molecule has 28 heavy (non-hydrogen) atoms. The molecular weight excluding hydrogens is 360 g/mol. The van der Waals surface area contributed by atoms with Gasteiger partial charge < -0.3 is 19.5 Å². The Balaban J connectivity index is 1.61. The van der Waals surface area contributed by atoms with Gasteiger partial charge in [-0.05, 0) is 42.3 Å². The number of nitrogens with zero attached hydrogens (tertiary/aromatic N) is 3. The third-order valence-electron chi connectivity index (χ3n) is 4.14. The Hall–Kier alpha value is -3.55. The van der Waals surface area contributed by atoms with Crippen molar-refractivity contribution < 1.29 is 19.0 Å². The standard InChI is InChI=1S/C20H22N4O4/c1-26-16-11-14(12-17(27-2)20(16)28-3)5-8-19(25)23-15-6-7-18(21-13-15)24-10-4-9-22-24/h4,6-7,9-13H,5,8H2,1-3H3,(H,23,25). The number of pyridine rings is 1. The lowest BCUT2D eigenvalue weighted by Crippen LogP contribution is -2.13. The lowest BCUT2D eigenvalue weighted by molar-refractivity contribution is -0.116. The first-order chi connectivity index (χ1) is 13.6. The molecule has 0 fully saturated rings. The van der Waals surface area contributed by atoms with Crippen molar-refractivity contribution in [3.05, 3.63) is 54.5 Å². The number of carbonyl (C=O) groups excluding carboxylic acids is 1. The van der Waals surface area contributed by atoms with Crippen molar-refractivity contribution >= 4 is 11.6 Å². The minimum Gasteiger partial charge on any atom is -0.493 e. The maximum Gasteiger partial charge on any atom is 0.224 e. The number of carbonyl (C=O) groups is 1. The largest absolute Gasteiger partial charge is 0.493 e. The molecule has 0 spiro atoms. The van der Waals surface area contributed by atoms with Gasteiger partial charge in [-0.25, -0.2) is 9.67 Å². The van der Waals surface area contributed by atoms with Crippen LogP contribution in [0.1, 0.15) is 12.0 Å². The predicted octanol–water partition coefficient (Wildman–Crippen LogP) is 2.86. The maximum atomic E-state index is 12.3. The first kappa shape index (κ1) is 19.2. The number of hydrogen-bond donors (Lipinski definition) is 1. The molecule has 0 radical (unpaired) electrons. The minimum absolute atomic E-state index is 0.109. The highest BCUT2D eigenvalue weighted by Crippen LogP contribution is 2.38. The molecule has 0 aliphatic carbocycles. The first-order valence-corrected chi connectivity index (χ1v) is 8.69. The van der Waals surface area contributed by atoms with Crippen molar-refractivity contribution in [1.82, 2.24) is 14.8 Å². The van der Waals surface area contributed by atoms with Gasteiger partial charge in [0, 0.05) is 18.8 Å². The number of amides is 1. The highest BCUT2D eigenvalue weighted by Gasteiger charge is 2.14. The van der Waals surface area contributed by atoms with E-state index in [9.17, 15) is 4.79 Å². The summed E-state index contributed by atoms with van der Waals surface area (Å²) in [7, 11) is 4.68. The molecule has 0 saturated carbocycles. The van der Waals surface area contributed by atoms with Gasteiger partial charge in [0.1, 0.15) is 0 Å². The number of aryl methyl sites for hydroxylation is 1. The van der Waals surface area contributed by atoms with Crippen LogP contribution in [0.2, 0.25) is 0 Å². The monoisotopic (exact) mass is 382 g/mol. The van der Waals surface area contributed by atoms with Crippen molar-refractivity contribution in [2.24, 2.45) is 0 Å². The van der Waals surface area contributed by atoms with Crippen molar-refractivity contribution in [3.63, 3.8) is 0 Å². The molecule has 8 heteroatoms. The third-order valence-corrected chi connectivity index (χ3v) is 4.14. The molecule has 0 atom stereocenters. The molecular formula is C20H22N4O4. The number of aromatic nitrogens is 3. The summed E-state index contributed by atoms with van der Waals surface area (Å²) in [6.45, 7) is 0. The average Bonchev–Trinajstić information content (AvgIpc) is 3.26. The van der Waals surface area contributed by atoms with E-state index in [1.165, 1.54) is 0 Å². The predicted molar refractivity (Wildman–Crippen MR) is 104 cm³/mol. The first-order valence-electron chi connectivity index (χ1n) is 8.69. The smallest absolute Gasteiger partial charge is 0.224 e. The van der Waals surface area contributed by atoms with Gasteiger partial charge in [-0.1, -0.05) is 0 Å². The molecule has 2 heterocycles. The minimum atomic E-state index is -0.109. The number of hydrogen-bond acceptors (Lipinski definition) is 6. The SMILES string of the molecule is COc1cc(CCC(=O)Nc2ccc(-n3cccn3)nc2)cc(OC)c1OC. The second-order valence-electron chi connectivity index (χ2n) is 5.94. The van der Waals surface area contributed by atoms with Crippen LogP contribution in [0.25, 0.3) is 5.82 Å². The highest BCUT2D eigenvalue weighted by molar-refractivity contribution is 5.90. The Kier molecular flexibility index (Phi) is 6.11. The summed E-state index contributed by atoms with van der Waals surface area (Å²) in [5, 5.41) is 6.96. The fraction of sp³-hybridized carbons (Fsp3) is 0.250. The molecule has 1 amide bonds. The summed E-state index contributed by atoms with van der Waals surface area (Å²) in [5.74, 6) is 2.23. The number of benzene rings is 1. The number of methoxy groups -OCH3 is 3. The van der Waals surface area contributed by atoms with Crippen LogP contribution in [0.3, 0.4) is 0 Å². The van der Waals surface area contributed by atoms with Crippen LogP contribution in [0.5, 0.6) is 17.2 Å². The van der Waals surface area contributed by atoms with Gasteiger partial charge in [-0.2, -0.15) is 5.10 Å². The van der Waals surface area contributed by atoms with E-state index in [2.05, 4.69) is 15.4 Å². The molecule has 2 aromatic heterocycles. The Morgan fingerprint density at radius 2 is 1.86 bits per heavy atom. The normalized spacial score (nSPS) is 10.4. The topological polar surface area (TPSA) is 87.5 Å². The van der Waals surface area contributed by atoms with E-state index in [0.717, 1.165) is 5.56 Å². The summed E-state index contributed by atoms with van der Waals surface area (Å²) < 4.78 is 17.6. The van der Waals surface area contributed by atoms with Gasteiger partial charge in [-0.15, -0.1) is 0 Å². The summed E-state index contributed by atoms with van der Waals surface area (Å²) in [5.41, 5.74) is 1.54. The number of rotatable bonds is 8. The van der Waals surface area contributed by atoms with Crippen molar-refractivity contribution in [1.29, 1.82) is 0 Å². The molecule has 3 aromatic rings. The van der Waals surface area contributed by atoms with E-state index in [1.807, 2.05) is 18.2 Å². The van der Waals surface area contributed by atoms with Crippen molar-refractivity contribution in [2.75, 3.05) is 26.6 Å². The van der Waals surface area contributed by atoms with Gasteiger partial charge in [-0.3, -0.25) is 4.79 Å². The summed E-state index contributed by atoms with van der Waals surface area (Å²) in [6.07, 6.45) is 5.92. The van der Waals surface area contributed by atoms with Gasteiger partial charge in [0.05, 0.1) is 33.2 Å². The van der Waals surface area contributed by atoms with Crippen LogP contribution in [0.15, 0.2) is 48.9 Å². The molecule has 1 aromatic carbocycles. The fourth-order valence-corrected chi connectivity index (χ4v) is 2.76. The van der Waals surface area contributed by atoms with Crippen molar-refractivity contribution in [2.45, 2.75) is 12.8 Å². The average molecular weight is 382 g/mol. The molecule has 0 aliphatic rings. The van der Waals surface area contributed by atoms with E-state index in [-0.39, 0.29) is 5.91 Å². The molecule has 146 valence electrons. The zero-order chi connectivity index (χ0) is 19.9. The van der Waals surface area contributed by atoms with E-state index >= 15 is 0 Å².